The lowest BCUT2D eigenvalue weighted by molar-refractivity contribution is -0.147. The summed E-state index contributed by atoms with van der Waals surface area (Å²) in [5.74, 6) is -0.986. The number of Topliss-reactive ketones (excluding diaryl/α,β-unsaturated/α-hetero) is 1. The van der Waals surface area contributed by atoms with Crippen molar-refractivity contribution < 1.29 is 23.8 Å². The summed E-state index contributed by atoms with van der Waals surface area (Å²) in [6.07, 6.45) is 0.284. The van der Waals surface area contributed by atoms with E-state index in [0.29, 0.717) is 12.2 Å². The van der Waals surface area contributed by atoms with E-state index in [-0.39, 0.29) is 18.1 Å². The van der Waals surface area contributed by atoms with E-state index >= 15 is 0 Å². The predicted molar refractivity (Wildman–Crippen MR) is 82.9 cm³/mol. The van der Waals surface area contributed by atoms with Gasteiger partial charge in [-0.3, -0.25) is 4.79 Å². The molecule has 120 valence electrons. The second kappa shape index (κ2) is 6.16. The number of fused-ring (bicyclic) bond motifs is 1. The summed E-state index contributed by atoms with van der Waals surface area (Å²) in [4.78, 5) is 27.8. The van der Waals surface area contributed by atoms with E-state index in [1.165, 1.54) is 6.26 Å². The summed E-state index contributed by atoms with van der Waals surface area (Å²) < 4.78 is 15.4. The number of ketones is 1. The fraction of sp³-hybridized carbons (Fsp3) is 0.294. The maximum Gasteiger partial charge on any atom is 0.377 e. The second-order valence-electron chi connectivity index (χ2n) is 5.28. The molecule has 0 radical (unpaired) electrons. The molecule has 1 unspecified atom stereocenters. The molecular weight excluding hydrogens is 298 g/mol. The van der Waals surface area contributed by atoms with Crippen LogP contribution in [-0.4, -0.2) is 36.1 Å². The Balaban J connectivity index is 1.80. The number of aromatic nitrogens is 1. The molecule has 1 aromatic carbocycles. The smallest absolute Gasteiger partial charge is 0.377 e. The number of ether oxygens (including phenoxy) is 3. The van der Waals surface area contributed by atoms with Gasteiger partial charge in [-0.15, -0.1) is 0 Å². The van der Waals surface area contributed by atoms with Gasteiger partial charge in [0.05, 0.1) is 0 Å². The quantitative estimate of drug-likeness (QED) is 0.693. The summed E-state index contributed by atoms with van der Waals surface area (Å²) in [5.41, 5.74) is 2.16. The summed E-state index contributed by atoms with van der Waals surface area (Å²) in [7, 11) is 0. The topological polar surface area (TPSA) is 77.6 Å². The normalized spacial score (nSPS) is 15.3. The van der Waals surface area contributed by atoms with E-state index in [2.05, 4.69) is 4.98 Å². The molecule has 0 aliphatic carbocycles. The molecule has 3 rings (SSSR count). The number of nitrogens with one attached hydrogen (secondary N) is 1. The van der Waals surface area contributed by atoms with Crippen molar-refractivity contribution in [3.8, 4) is 0 Å². The van der Waals surface area contributed by atoms with Crippen molar-refractivity contribution in [1.29, 1.82) is 0 Å². The predicted octanol–water partition coefficient (Wildman–Crippen LogP) is 2.48. The highest BCUT2D eigenvalue weighted by Crippen LogP contribution is 2.24. The number of H-pyrrole nitrogens is 1. The van der Waals surface area contributed by atoms with Gasteiger partial charge in [0.1, 0.15) is 19.5 Å². The van der Waals surface area contributed by atoms with E-state index in [9.17, 15) is 9.59 Å². The minimum absolute atomic E-state index is 0.0217. The molecule has 6 nitrogen and oxygen atoms in total. The standard InChI is InChI=1S/C17H17NO5/c1-10-15(12-5-3-4-6-13(12)18-10)16(19)11(2)23-17(20)14-9-21-7-8-22-14/h3-6,9,11,18H,7-8H2,1-2H3. The molecule has 0 saturated carbocycles. The lowest BCUT2D eigenvalue weighted by Gasteiger charge is -2.17. The Bertz CT molecular complexity index is 789. The SMILES string of the molecule is Cc1[nH]c2ccccc2c1C(=O)C(C)OC(=O)C1=COCCO1. The minimum atomic E-state index is -0.924. The van der Waals surface area contributed by atoms with Crippen LogP contribution >= 0.6 is 0 Å². The number of aromatic amines is 1. The number of benzene rings is 1. The summed E-state index contributed by atoms with van der Waals surface area (Å²) >= 11 is 0. The van der Waals surface area contributed by atoms with E-state index in [0.717, 1.165) is 16.6 Å². The molecule has 1 N–H and O–H groups in total. The lowest BCUT2D eigenvalue weighted by Crippen LogP contribution is -2.27. The first-order valence-corrected chi connectivity index (χ1v) is 7.35. The molecule has 2 heterocycles. The largest absolute Gasteiger partial charge is 0.493 e. The molecule has 1 aliphatic rings. The lowest BCUT2D eigenvalue weighted by atomic mass is 10.0. The third kappa shape index (κ3) is 2.92. The zero-order valence-electron chi connectivity index (χ0n) is 12.9. The minimum Gasteiger partial charge on any atom is -0.493 e. The number of rotatable bonds is 4. The number of carbonyl (C=O) groups excluding carboxylic acids is 2. The Kier molecular flexibility index (Phi) is 4.06. The monoisotopic (exact) mass is 315 g/mol. The fourth-order valence-corrected chi connectivity index (χ4v) is 2.54. The van der Waals surface area contributed by atoms with Crippen LogP contribution in [-0.2, 0) is 19.0 Å². The highest BCUT2D eigenvalue weighted by Gasteiger charge is 2.26. The first-order chi connectivity index (χ1) is 11.1. The number of carbonyl (C=O) groups is 2. The second-order valence-corrected chi connectivity index (χ2v) is 5.28. The van der Waals surface area contributed by atoms with Gasteiger partial charge >= 0.3 is 5.97 Å². The number of hydrogen-bond donors (Lipinski definition) is 1. The Labute approximate surface area is 133 Å². The average Bonchev–Trinajstić information content (AvgIpc) is 2.90. The summed E-state index contributed by atoms with van der Waals surface area (Å²) in [5, 5.41) is 0.814. The molecular formula is C17H17NO5. The van der Waals surface area contributed by atoms with Crippen LogP contribution in [0.25, 0.3) is 10.9 Å². The van der Waals surface area contributed by atoms with Crippen LogP contribution in [0, 0.1) is 6.92 Å². The Morgan fingerprint density at radius 1 is 1.26 bits per heavy atom. The molecule has 0 fully saturated rings. The molecule has 1 aromatic heterocycles. The van der Waals surface area contributed by atoms with Gasteiger partial charge in [0.15, 0.2) is 6.10 Å². The van der Waals surface area contributed by atoms with Crippen LogP contribution < -0.4 is 0 Å². The maximum atomic E-state index is 12.7. The molecule has 2 aromatic rings. The van der Waals surface area contributed by atoms with Gasteiger partial charge in [0.2, 0.25) is 11.5 Å². The van der Waals surface area contributed by atoms with Crippen molar-refractivity contribution in [2.45, 2.75) is 20.0 Å². The van der Waals surface area contributed by atoms with Crippen LogP contribution in [0.15, 0.2) is 36.3 Å². The van der Waals surface area contributed by atoms with E-state index in [4.69, 9.17) is 14.2 Å². The van der Waals surface area contributed by atoms with Gasteiger partial charge in [-0.25, -0.2) is 4.79 Å². The van der Waals surface area contributed by atoms with Gasteiger partial charge in [-0.05, 0) is 19.9 Å². The molecule has 0 spiro atoms. The molecule has 23 heavy (non-hydrogen) atoms. The third-order valence-electron chi connectivity index (χ3n) is 3.64. The van der Waals surface area contributed by atoms with Gasteiger partial charge in [0.25, 0.3) is 0 Å². The van der Waals surface area contributed by atoms with Gasteiger partial charge in [-0.1, -0.05) is 18.2 Å². The highest BCUT2D eigenvalue weighted by molar-refractivity contribution is 6.11. The summed E-state index contributed by atoms with van der Waals surface area (Å²) in [6.45, 7) is 4.04. The van der Waals surface area contributed by atoms with E-state index in [1.807, 2.05) is 31.2 Å². The van der Waals surface area contributed by atoms with Crippen molar-refractivity contribution >= 4 is 22.7 Å². The van der Waals surface area contributed by atoms with Gasteiger partial charge in [0, 0.05) is 22.2 Å². The number of aryl methyl sites for hydroxylation is 1. The molecule has 0 saturated heterocycles. The number of para-hydroxylation sites is 1. The first kappa shape index (κ1) is 15.1. The van der Waals surface area contributed by atoms with E-state index < -0.39 is 12.1 Å². The zero-order chi connectivity index (χ0) is 16.4. The number of hydrogen-bond acceptors (Lipinski definition) is 5. The van der Waals surface area contributed by atoms with Crippen molar-refractivity contribution in [3.05, 3.63) is 47.5 Å². The molecule has 1 atom stereocenters. The Morgan fingerprint density at radius 2 is 2.04 bits per heavy atom. The molecule has 6 heteroatoms. The maximum absolute atomic E-state index is 12.7. The molecule has 1 aliphatic heterocycles. The third-order valence-corrected chi connectivity index (χ3v) is 3.64. The van der Waals surface area contributed by atoms with Crippen LogP contribution in [0.2, 0.25) is 0 Å². The van der Waals surface area contributed by atoms with Crippen LogP contribution in [0.1, 0.15) is 23.0 Å². The van der Waals surface area contributed by atoms with Crippen molar-refractivity contribution in [3.63, 3.8) is 0 Å². The highest BCUT2D eigenvalue weighted by atomic mass is 16.6. The van der Waals surface area contributed by atoms with Crippen molar-refractivity contribution in [2.24, 2.45) is 0 Å². The first-order valence-electron chi connectivity index (χ1n) is 7.35. The number of esters is 1. The molecule has 0 amide bonds. The average molecular weight is 315 g/mol. The fourth-order valence-electron chi connectivity index (χ4n) is 2.54. The van der Waals surface area contributed by atoms with Crippen LogP contribution in [0.5, 0.6) is 0 Å². The van der Waals surface area contributed by atoms with Crippen molar-refractivity contribution in [1.82, 2.24) is 4.98 Å². The Hall–Kier alpha value is -2.76. The van der Waals surface area contributed by atoms with E-state index in [1.54, 1.807) is 6.92 Å². The molecule has 0 bridgehead atoms. The van der Waals surface area contributed by atoms with Crippen molar-refractivity contribution in [2.75, 3.05) is 13.2 Å². The van der Waals surface area contributed by atoms with Gasteiger partial charge < -0.3 is 19.2 Å². The van der Waals surface area contributed by atoms with Crippen LogP contribution in [0.3, 0.4) is 0 Å². The van der Waals surface area contributed by atoms with Crippen LogP contribution in [0.4, 0.5) is 0 Å². The summed E-state index contributed by atoms with van der Waals surface area (Å²) in [6, 6.07) is 7.51. The van der Waals surface area contributed by atoms with Gasteiger partial charge in [-0.2, -0.15) is 0 Å². The Morgan fingerprint density at radius 3 is 2.78 bits per heavy atom. The zero-order valence-corrected chi connectivity index (χ0v) is 12.9.